The highest BCUT2D eigenvalue weighted by atomic mass is 35.5. The van der Waals surface area contributed by atoms with Crippen LogP contribution in [0.4, 0.5) is 0 Å². The average Bonchev–Trinajstić information content (AvgIpc) is 3.19. The minimum Gasteiger partial charge on any atom is -0.496 e. The van der Waals surface area contributed by atoms with Gasteiger partial charge in [-0.3, -0.25) is 9.59 Å². The molecule has 2 atom stereocenters. The number of carbonyl (C=O) groups is 2. The molecular formula is C23H27ClN2O3. The second kappa shape index (κ2) is 9.79. The van der Waals surface area contributed by atoms with Crippen molar-refractivity contribution in [2.45, 2.75) is 25.7 Å². The smallest absolute Gasteiger partial charge is 0.253 e. The number of hydrogen-bond acceptors (Lipinski definition) is 3. The number of hydrogen-bond donors (Lipinski definition) is 1. The first-order valence-electron chi connectivity index (χ1n) is 10.0. The van der Waals surface area contributed by atoms with Crippen molar-refractivity contribution >= 4 is 23.4 Å². The summed E-state index contributed by atoms with van der Waals surface area (Å²) in [6.07, 6.45) is 1.95. The molecule has 0 aliphatic carbocycles. The van der Waals surface area contributed by atoms with E-state index in [0.717, 1.165) is 24.2 Å². The molecule has 2 aromatic rings. The zero-order chi connectivity index (χ0) is 20.8. The zero-order valence-corrected chi connectivity index (χ0v) is 17.6. The number of methoxy groups -OCH3 is 1. The Hall–Kier alpha value is -2.53. The fourth-order valence-electron chi connectivity index (χ4n) is 3.82. The lowest BCUT2D eigenvalue weighted by molar-refractivity contribution is -0.124. The van der Waals surface area contributed by atoms with Crippen molar-refractivity contribution in [1.29, 1.82) is 0 Å². The molecule has 0 bridgehead atoms. The third kappa shape index (κ3) is 4.91. The highest BCUT2D eigenvalue weighted by molar-refractivity contribution is 6.30. The molecule has 1 aliphatic heterocycles. The summed E-state index contributed by atoms with van der Waals surface area (Å²) in [5, 5.41) is 3.62. The molecule has 154 valence electrons. The molecule has 3 rings (SSSR count). The van der Waals surface area contributed by atoms with Crippen molar-refractivity contribution in [3.8, 4) is 5.75 Å². The molecule has 29 heavy (non-hydrogen) atoms. The number of unbranched alkanes of at least 4 members (excludes halogenated alkanes) is 1. The van der Waals surface area contributed by atoms with E-state index in [0.29, 0.717) is 30.2 Å². The van der Waals surface area contributed by atoms with Crippen LogP contribution in [0.5, 0.6) is 5.75 Å². The number of carbonyl (C=O) groups excluding carboxylic acids is 2. The van der Waals surface area contributed by atoms with E-state index < -0.39 is 0 Å². The van der Waals surface area contributed by atoms with Gasteiger partial charge in [0.1, 0.15) is 5.75 Å². The Balaban J connectivity index is 1.86. The van der Waals surface area contributed by atoms with Gasteiger partial charge in [0.2, 0.25) is 5.91 Å². The fraction of sp³-hybridized carbons (Fsp3) is 0.391. The van der Waals surface area contributed by atoms with E-state index >= 15 is 0 Å². The summed E-state index contributed by atoms with van der Waals surface area (Å²) in [6, 6.07) is 14.6. The Morgan fingerprint density at radius 2 is 1.86 bits per heavy atom. The van der Waals surface area contributed by atoms with E-state index in [1.807, 2.05) is 24.3 Å². The summed E-state index contributed by atoms with van der Waals surface area (Å²) in [4.78, 5) is 27.7. The molecule has 2 amide bonds. The molecule has 0 aromatic heterocycles. The maximum atomic E-state index is 13.0. The number of rotatable bonds is 7. The zero-order valence-electron chi connectivity index (χ0n) is 16.9. The van der Waals surface area contributed by atoms with E-state index in [1.54, 1.807) is 36.3 Å². The third-order valence-corrected chi connectivity index (χ3v) is 5.65. The first-order chi connectivity index (χ1) is 14.0. The Bertz CT molecular complexity index is 853. The van der Waals surface area contributed by atoms with Crippen LogP contribution in [0, 0.1) is 5.92 Å². The van der Waals surface area contributed by atoms with Gasteiger partial charge in [0.05, 0.1) is 13.0 Å². The van der Waals surface area contributed by atoms with Gasteiger partial charge >= 0.3 is 0 Å². The number of ether oxygens (including phenoxy) is 1. The van der Waals surface area contributed by atoms with Gasteiger partial charge in [-0.2, -0.15) is 0 Å². The summed E-state index contributed by atoms with van der Waals surface area (Å²) < 4.78 is 5.53. The predicted molar refractivity (Wildman–Crippen MR) is 114 cm³/mol. The monoisotopic (exact) mass is 414 g/mol. The first-order valence-corrected chi connectivity index (χ1v) is 10.4. The van der Waals surface area contributed by atoms with Gasteiger partial charge in [-0.15, -0.1) is 0 Å². The molecule has 1 fully saturated rings. The molecule has 1 aliphatic rings. The van der Waals surface area contributed by atoms with Gasteiger partial charge < -0.3 is 15.0 Å². The first kappa shape index (κ1) is 21.2. The van der Waals surface area contributed by atoms with E-state index in [9.17, 15) is 9.59 Å². The van der Waals surface area contributed by atoms with Gasteiger partial charge in [-0.25, -0.2) is 0 Å². The number of nitrogens with zero attached hydrogens (tertiary/aromatic N) is 1. The number of halogens is 1. The van der Waals surface area contributed by atoms with Crippen LogP contribution in [-0.2, 0) is 4.79 Å². The minimum absolute atomic E-state index is 0.0132. The maximum absolute atomic E-state index is 13.0. The van der Waals surface area contributed by atoms with Crippen LogP contribution < -0.4 is 10.1 Å². The third-order valence-electron chi connectivity index (χ3n) is 5.40. The summed E-state index contributed by atoms with van der Waals surface area (Å²) in [5.41, 5.74) is 1.53. The van der Waals surface area contributed by atoms with E-state index in [-0.39, 0.29) is 23.7 Å². The maximum Gasteiger partial charge on any atom is 0.253 e. The Morgan fingerprint density at radius 1 is 1.14 bits per heavy atom. The molecule has 6 heteroatoms. The van der Waals surface area contributed by atoms with Crippen molar-refractivity contribution < 1.29 is 14.3 Å². The van der Waals surface area contributed by atoms with Crippen LogP contribution in [0.3, 0.4) is 0 Å². The van der Waals surface area contributed by atoms with E-state index in [4.69, 9.17) is 16.3 Å². The van der Waals surface area contributed by atoms with Gasteiger partial charge in [0.15, 0.2) is 0 Å². The number of likely N-dealkylation sites (tertiary alicyclic amines) is 1. The van der Waals surface area contributed by atoms with Gasteiger partial charge in [-0.05, 0) is 42.3 Å². The summed E-state index contributed by atoms with van der Waals surface area (Å²) in [7, 11) is 1.63. The van der Waals surface area contributed by atoms with Gasteiger partial charge in [-0.1, -0.05) is 43.1 Å². The van der Waals surface area contributed by atoms with Crippen LogP contribution in [0.15, 0.2) is 48.5 Å². The fourth-order valence-corrected chi connectivity index (χ4v) is 3.94. The molecule has 0 radical (unpaired) electrons. The highest BCUT2D eigenvalue weighted by Gasteiger charge is 2.41. The summed E-state index contributed by atoms with van der Waals surface area (Å²) in [5.74, 6) is 0.194. The summed E-state index contributed by atoms with van der Waals surface area (Å²) in [6.45, 7) is 3.58. The van der Waals surface area contributed by atoms with Crippen LogP contribution in [0.25, 0.3) is 0 Å². The molecule has 1 N–H and O–H groups in total. The Kier molecular flexibility index (Phi) is 7.15. The van der Waals surface area contributed by atoms with Crippen molar-refractivity contribution in [3.63, 3.8) is 0 Å². The molecule has 1 heterocycles. The van der Waals surface area contributed by atoms with E-state index in [2.05, 4.69) is 12.2 Å². The van der Waals surface area contributed by atoms with Crippen molar-refractivity contribution in [3.05, 3.63) is 64.7 Å². The number of nitrogens with one attached hydrogen (secondary N) is 1. The second-order valence-corrected chi connectivity index (χ2v) is 7.75. The largest absolute Gasteiger partial charge is 0.496 e. The number of para-hydroxylation sites is 1. The predicted octanol–water partition coefficient (Wildman–Crippen LogP) is 4.12. The average molecular weight is 415 g/mol. The molecule has 0 unspecified atom stereocenters. The van der Waals surface area contributed by atoms with Crippen LogP contribution in [0.1, 0.15) is 41.6 Å². The van der Waals surface area contributed by atoms with Crippen molar-refractivity contribution in [2.24, 2.45) is 5.92 Å². The standard InChI is InChI=1S/C23H27ClN2O3/c1-3-4-13-25-22(27)20-15-26(23(28)16-9-11-17(24)12-10-16)14-19(20)18-7-5-6-8-21(18)29-2/h5-12,19-20H,3-4,13-15H2,1-2H3,(H,25,27)/t19-,20+/m0/s1. The van der Waals surface area contributed by atoms with Crippen LogP contribution in [-0.4, -0.2) is 43.5 Å². The minimum atomic E-state index is -0.320. The van der Waals surface area contributed by atoms with Gasteiger partial charge in [0.25, 0.3) is 5.91 Å². The Labute approximate surface area is 177 Å². The molecular weight excluding hydrogens is 388 g/mol. The number of benzene rings is 2. The lowest BCUT2D eigenvalue weighted by Crippen LogP contribution is -2.36. The van der Waals surface area contributed by atoms with Crippen LogP contribution in [0.2, 0.25) is 5.02 Å². The Morgan fingerprint density at radius 3 is 2.55 bits per heavy atom. The highest BCUT2D eigenvalue weighted by Crippen LogP contribution is 2.38. The molecule has 2 aromatic carbocycles. The van der Waals surface area contributed by atoms with Crippen molar-refractivity contribution in [2.75, 3.05) is 26.7 Å². The topological polar surface area (TPSA) is 58.6 Å². The quantitative estimate of drug-likeness (QED) is 0.693. The van der Waals surface area contributed by atoms with Crippen LogP contribution >= 0.6 is 11.6 Å². The SMILES string of the molecule is CCCCNC(=O)[C@@H]1CN(C(=O)c2ccc(Cl)cc2)C[C@H]1c1ccccc1OC. The normalized spacial score (nSPS) is 18.5. The lowest BCUT2D eigenvalue weighted by atomic mass is 9.87. The second-order valence-electron chi connectivity index (χ2n) is 7.32. The summed E-state index contributed by atoms with van der Waals surface area (Å²) >= 11 is 5.95. The molecule has 1 saturated heterocycles. The molecule has 0 saturated carbocycles. The van der Waals surface area contributed by atoms with Crippen molar-refractivity contribution in [1.82, 2.24) is 10.2 Å². The van der Waals surface area contributed by atoms with Gasteiger partial charge in [0, 0.05) is 36.1 Å². The molecule has 0 spiro atoms. The molecule has 5 nitrogen and oxygen atoms in total. The lowest BCUT2D eigenvalue weighted by Gasteiger charge is -2.20. The number of amides is 2. The van der Waals surface area contributed by atoms with E-state index in [1.165, 1.54) is 0 Å².